The van der Waals surface area contributed by atoms with Crippen LogP contribution in [0.4, 0.5) is 0 Å². The minimum absolute atomic E-state index is 0.116. The van der Waals surface area contributed by atoms with E-state index in [0.29, 0.717) is 11.7 Å². The predicted molar refractivity (Wildman–Crippen MR) is 68.9 cm³/mol. The number of hydrogen-bond acceptors (Lipinski definition) is 3. The lowest BCUT2D eigenvalue weighted by Crippen LogP contribution is -2.31. The summed E-state index contributed by atoms with van der Waals surface area (Å²) in [7, 11) is 0. The molecule has 6 nitrogen and oxygen atoms in total. The number of aromatic nitrogens is 2. The second-order valence-corrected chi connectivity index (χ2v) is 5.07. The summed E-state index contributed by atoms with van der Waals surface area (Å²) in [5.74, 6) is -1.83. The zero-order valence-corrected chi connectivity index (χ0v) is 11.0. The number of carbonyl (C=O) groups is 2. The Kier molecular flexibility index (Phi) is 4.19. The van der Waals surface area contributed by atoms with Crippen molar-refractivity contribution in [3.05, 3.63) is 18.0 Å². The fourth-order valence-corrected chi connectivity index (χ4v) is 2.25. The summed E-state index contributed by atoms with van der Waals surface area (Å²) in [6.45, 7) is 1.67. The largest absolute Gasteiger partial charge is 0.481 e. The highest BCUT2D eigenvalue weighted by Gasteiger charge is 2.19. The zero-order chi connectivity index (χ0) is 13.8. The third-order valence-corrected chi connectivity index (χ3v) is 3.53. The van der Waals surface area contributed by atoms with Gasteiger partial charge in [-0.3, -0.25) is 14.3 Å². The Morgan fingerprint density at radius 3 is 2.84 bits per heavy atom. The number of nitrogens with one attached hydrogen (secondary N) is 1. The van der Waals surface area contributed by atoms with Crippen molar-refractivity contribution in [1.82, 2.24) is 15.1 Å². The highest BCUT2D eigenvalue weighted by molar-refractivity contribution is 5.92. The summed E-state index contributed by atoms with van der Waals surface area (Å²) in [6, 6.07) is 2.08. The van der Waals surface area contributed by atoms with Gasteiger partial charge in [0.2, 0.25) is 0 Å². The molecule has 0 aliphatic heterocycles. The normalized spacial score (nSPS) is 17.3. The lowest BCUT2D eigenvalue weighted by atomic mass is 10.2. The van der Waals surface area contributed by atoms with E-state index in [9.17, 15) is 9.59 Å². The van der Waals surface area contributed by atoms with Crippen LogP contribution in [0.3, 0.4) is 0 Å². The molecule has 0 bridgehead atoms. The lowest BCUT2D eigenvalue weighted by Gasteiger charge is -2.09. The fraction of sp³-hybridized carbons (Fsp3) is 0.615. The number of rotatable bonds is 5. The van der Waals surface area contributed by atoms with Crippen LogP contribution in [-0.2, 0) is 4.79 Å². The Morgan fingerprint density at radius 1 is 1.53 bits per heavy atom. The number of nitrogens with zero attached hydrogens (tertiary/aromatic N) is 2. The van der Waals surface area contributed by atoms with Crippen LogP contribution in [0, 0.1) is 5.92 Å². The van der Waals surface area contributed by atoms with Gasteiger partial charge in [0.25, 0.3) is 5.91 Å². The van der Waals surface area contributed by atoms with Crippen molar-refractivity contribution in [2.24, 2.45) is 5.92 Å². The first-order valence-electron chi connectivity index (χ1n) is 6.64. The van der Waals surface area contributed by atoms with Crippen LogP contribution in [0.25, 0.3) is 0 Å². The molecule has 1 aromatic rings. The smallest absolute Gasteiger partial charge is 0.308 e. The van der Waals surface area contributed by atoms with Gasteiger partial charge in [-0.15, -0.1) is 0 Å². The summed E-state index contributed by atoms with van der Waals surface area (Å²) in [5, 5.41) is 15.6. The van der Waals surface area contributed by atoms with E-state index < -0.39 is 11.9 Å². The number of aliphatic carboxylic acids is 1. The second-order valence-electron chi connectivity index (χ2n) is 5.07. The molecule has 0 spiro atoms. The van der Waals surface area contributed by atoms with Crippen molar-refractivity contribution in [3.63, 3.8) is 0 Å². The first-order valence-corrected chi connectivity index (χ1v) is 6.64. The van der Waals surface area contributed by atoms with E-state index in [1.54, 1.807) is 13.0 Å². The van der Waals surface area contributed by atoms with E-state index in [0.717, 1.165) is 12.8 Å². The number of carboxylic acids is 1. The van der Waals surface area contributed by atoms with Gasteiger partial charge in [0.05, 0.1) is 12.0 Å². The lowest BCUT2D eigenvalue weighted by molar-refractivity contribution is -0.140. The van der Waals surface area contributed by atoms with Gasteiger partial charge < -0.3 is 10.4 Å². The van der Waals surface area contributed by atoms with Crippen molar-refractivity contribution in [3.8, 4) is 0 Å². The van der Waals surface area contributed by atoms with Crippen molar-refractivity contribution in [1.29, 1.82) is 0 Å². The Balaban J connectivity index is 1.90. The van der Waals surface area contributed by atoms with Crippen molar-refractivity contribution in [2.45, 2.75) is 38.6 Å². The van der Waals surface area contributed by atoms with Crippen LogP contribution in [0.1, 0.15) is 49.1 Å². The summed E-state index contributed by atoms with van der Waals surface area (Å²) in [5.41, 5.74) is 0.351. The molecule has 2 rings (SSSR count). The first kappa shape index (κ1) is 13.6. The maximum absolute atomic E-state index is 11.8. The Morgan fingerprint density at radius 2 is 2.21 bits per heavy atom. The number of carbonyl (C=O) groups excluding carboxylic acids is 1. The molecule has 104 valence electrons. The van der Waals surface area contributed by atoms with Crippen molar-refractivity contribution >= 4 is 11.9 Å². The second kappa shape index (κ2) is 5.86. The maximum Gasteiger partial charge on any atom is 0.308 e. The minimum atomic E-state index is -0.920. The van der Waals surface area contributed by atoms with E-state index in [2.05, 4.69) is 10.4 Å². The van der Waals surface area contributed by atoms with Crippen LogP contribution in [0.5, 0.6) is 0 Å². The summed E-state index contributed by atoms with van der Waals surface area (Å²) < 4.78 is 1.85. The zero-order valence-electron chi connectivity index (χ0n) is 11.0. The molecule has 1 unspecified atom stereocenters. The van der Waals surface area contributed by atoms with Gasteiger partial charge in [-0.2, -0.15) is 5.10 Å². The standard InChI is InChI=1S/C13H19N3O3/c1-9(13(18)19)8-14-12(17)11-6-7-16(15-11)10-4-2-3-5-10/h6-7,9-10H,2-5,8H2,1H3,(H,14,17)(H,18,19). The highest BCUT2D eigenvalue weighted by Crippen LogP contribution is 2.28. The predicted octanol–water partition coefficient (Wildman–Crippen LogP) is 1.45. The first-order chi connectivity index (χ1) is 9.08. The molecule has 0 aromatic carbocycles. The Labute approximate surface area is 111 Å². The molecule has 1 aliphatic carbocycles. The quantitative estimate of drug-likeness (QED) is 0.844. The van der Waals surface area contributed by atoms with E-state index in [4.69, 9.17) is 5.11 Å². The van der Waals surface area contributed by atoms with Gasteiger partial charge in [-0.1, -0.05) is 19.8 Å². The molecule has 19 heavy (non-hydrogen) atoms. The third-order valence-electron chi connectivity index (χ3n) is 3.53. The van der Waals surface area contributed by atoms with Crippen LogP contribution >= 0.6 is 0 Å². The molecule has 0 saturated heterocycles. The number of hydrogen-bond donors (Lipinski definition) is 2. The SMILES string of the molecule is CC(CNC(=O)c1ccn(C2CCCC2)n1)C(=O)O. The van der Waals surface area contributed by atoms with Crippen LogP contribution in [-0.4, -0.2) is 33.3 Å². The summed E-state index contributed by atoms with van der Waals surface area (Å²) in [4.78, 5) is 22.5. The molecular formula is C13H19N3O3. The minimum Gasteiger partial charge on any atom is -0.481 e. The molecule has 1 aliphatic rings. The molecule has 1 fully saturated rings. The van der Waals surface area contributed by atoms with Crippen molar-refractivity contribution in [2.75, 3.05) is 6.54 Å². The topological polar surface area (TPSA) is 84.2 Å². The van der Waals surface area contributed by atoms with Gasteiger partial charge in [0, 0.05) is 12.7 Å². The number of carboxylic acid groups (broad SMARTS) is 1. The van der Waals surface area contributed by atoms with Gasteiger partial charge >= 0.3 is 5.97 Å². The molecular weight excluding hydrogens is 246 g/mol. The van der Waals surface area contributed by atoms with Crippen LogP contribution in [0.15, 0.2) is 12.3 Å². The van der Waals surface area contributed by atoms with E-state index in [1.165, 1.54) is 12.8 Å². The van der Waals surface area contributed by atoms with Gasteiger partial charge in [0.1, 0.15) is 5.69 Å². The molecule has 1 saturated carbocycles. The van der Waals surface area contributed by atoms with Crippen LogP contribution < -0.4 is 5.32 Å². The average Bonchev–Trinajstić information content (AvgIpc) is 3.04. The van der Waals surface area contributed by atoms with E-state index >= 15 is 0 Å². The molecule has 0 radical (unpaired) electrons. The molecule has 1 atom stereocenters. The van der Waals surface area contributed by atoms with Crippen LogP contribution in [0.2, 0.25) is 0 Å². The molecule has 2 N–H and O–H groups in total. The monoisotopic (exact) mass is 265 g/mol. The molecule has 1 aromatic heterocycles. The molecule has 1 amide bonds. The average molecular weight is 265 g/mol. The maximum atomic E-state index is 11.8. The summed E-state index contributed by atoms with van der Waals surface area (Å²) in [6.07, 6.45) is 6.47. The highest BCUT2D eigenvalue weighted by atomic mass is 16.4. The van der Waals surface area contributed by atoms with E-state index in [-0.39, 0.29) is 12.5 Å². The van der Waals surface area contributed by atoms with Crippen molar-refractivity contribution < 1.29 is 14.7 Å². The van der Waals surface area contributed by atoms with Gasteiger partial charge in [-0.25, -0.2) is 0 Å². The third kappa shape index (κ3) is 3.33. The van der Waals surface area contributed by atoms with E-state index in [1.807, 2.05) is 10.9 Å². The molecule has 6 heteroatoms. The molecule has 1 heterocycles. The Hall–Kier alpha value is -1.85. The number of amides is 1. The Bertz CT molecular complexity index is 463. The van der Waals surface area contributed by atoms with Gasteiger partial charge in [0.15, 0.2) is 0 Å². The summed E-state index contributed by atoms with van der Waals surface area (Å²) >= 11 is 0. The van der Waals surface area contributed by atoms with Gasteiger partial charge in [-0.05, 0) is 18.9 Å². The fourth-order valence-electron chi connectivity index (χ4n) is 2.25.